The van der Waals surface area contributed by atoms with E-state index in [1.807, 2.05) is 0 Å². The molecule has 0 radical (unpaired) electrons. The molecule has 96 valence electrons. The van der Waals surface area contributed by atoms with E-state index in [2.05, 4.69) is 10.4 Å². The molecule has 0 aliphatic heterocycles. The number of hydrogen-bond donors (Lipinski definition) is 1. The Balaban J connectivity index is 2.33. The van der Waals surface area contributed by atoms with Gasteiger partial charge in [0.05, 0.1) is 13.7 Å². The van der Waals surface area contributed by atoms with Crippen LogP contribution < -0.4 is 15.6 Å². The van der Waals surface area contributed by atoms with Crippen LogP contribution in [0.25, 0.3) is 0 Å². The van der Waals surface area contributed by atoms with E-state index in [4.69, 9.17) is 9.47 Å². The highest BCUT2D eigenvalue weighted by atomic mass is 16.5. The summed E-state index contributed by atoms with van der Waals surface area (Å²) in [4.78, 5) is 11.5. The van der Waals surface area contributed by atoms with Crippen LogP contribution in [0.1, 0.15) is 6.42 Å². The van der Waals surface area contributed by atoms with E-state index in [0.29, 0.717) is 19.0 Å². The summed E-state index contributed by atoms with van der Waals surface area (Å²) in [6.45, 7) is 2.92. The molecule has 1 aromatic rings. The van der Waals surface area contributed by atoms with Crippen LogP contribution in [0.5, 0.6) is 5.88 Å². The van der Waals surface area contributed by atoms with Crippen molar-refractivity contribution in [3.8, 4) is 5.88 Å². The van der Waals surface area contributed by atoms with Gasteiger partial charge in [0.1, 0.15) is 0 Å². The summed E-state index contributed by atoms with van der Waals surface area (Å²) in [7, 11) is 3.20. The number of aryl methyl sites for hydroxylation is 1. The lowest BCUT2D eigenvalue weighted by molar-refractivity contribution is 0.199. The van der Waals surface area contributed by atoms with Gasteiger partial charge in [0.2, 0.25) is 5.88 Å². The van der Waals surface area contributed by atoms with Crippen molar-refractivity contribution >= 4 is 0 Å². The SMILES string of the molecule is COCCNCCCn1nc(OC)ccc1=O. The highest BCUT2D eigenvalue weighted by Gasteiger charge is 1.99. The number of rotatable bonds is 8. The molecule has 0 atom stereocenters. The fourth-order valence-electron chi connectivity index (χ4n) is 1.35. The number of ether oxygens (including phenoxy) is 2. The van der Waals surface area contributed by atoms with Crippen molar-refractivity contribution < 1.29 is 9.47 Å². The van der Waals surface area contributed by atoms with Crippen LogP contribution in [0.4, 0.5) is 0 Å². The van der Waals surface area contributed by atoms with E-state index >= 15 is 0 Å². The third-order valence-electron chi connectivity index (χ3n) is 2.26. The van der Waals surface area contributed by atoms with E-state index in [9.17, 15) is 4.79 Å². The van der Waals surface area contributed by atoms with Gasteiger partial charge in [0.25, 0.3) is 5.56 Å². The average molecular weight is 241 g/mol. The first-order chi connectivity index (χ1) is 8.27. The molecule has 0 aliphatic rings. The molecule has 0 saturated carbocycles. The first-order valence-electron chi connectivity index (χ1n) is 5.59. The van der Waals surface area contributed by atoms with E-state index in [1.165, 1.54) is 17.9 Å². The normalized spacial score (nSPS) is 10.5. The minimum Gasteiger partial charge on any atom is -0.480 e. The van der Waals surface area contributed by atoms with Crippen molar-refractivity contribution in [1.29, 1.82) is 0 Å². The maximum Gasteiger partial charge on any atom is 0.266 e. The van der Waals surface area contributed by atoms with Crippen LogP contribution in [-0.4, -0.2) is 43.7 Å². The summed E-state index contributed by atoms with van der Waals surface area (Å²) >= 11 is 0. The number of aromatic nitrogens is 2. The maximum atomic E-state index is 11.5. The zero-order valence-corrected chi connectivity index (χ0v) is 10.3. The van der Waals surface area contributed by atoms with Gasteiger partial charge in [-0.15, -0.1) is 5.10 Å². The highest BCUT2D eigenvalue weighted by Crippen LogP contribution is 1.99. The fourth-order valence-corrected chi connectivity index (χ4v) is 1.35. The van der Waals surface area contributed by atoms with Crippen LogP contribution in [0.15, 0.2) is 16.9 Å². The molecule has 1 aromatic heterocycles. The molecule has 0 amide bonds. The summed E-state index contributed by atoms with van der Waals surface area (Å²) in [5.41, 5.74) is -0.109. The van der Waals surface area contributed by atoms with Crippen molar-refractivity contribution in [2.75, 3.05) is 33.9 Å². The predicted molar refractivity (Wildman–Crippen MR) is 64.4 cm³/mol. The van der Waals surface area contributed by atoms with Gasteiger partial charge in [0, 0.05) is 32.3 Å². The molecule has 6 heteroatoms. The molecule has 0 spiro atoms. The smallest absolute Gasteiger partial charge is 0.266 e. The highest BCUT2D eigenvalue weighted by molar-refractivity contribution is 5.05. The van der Waals surface area contributed by atoms with E-state index in [0.717, 1.165) is 19.5 Å². The lowest BCUT2D eigenvalue weighted by atomic mass is 10.4. The zero-order chi connectivity index (χ0) is 12.5. The summed E-state index contributed by atoms with van der Waals surface area (Å²) in [5, 5.41) is 7.26. The first-order valence-corrected chi connectivity index (χ1v) is 5.59. The third kappa shape index (κ3) is 4.97. The quantitative estimate of drug-likeness (QED) is 0.643. The second kappa shape index (κ2) is 7.81. The minimum absolute atomic E-state index is 0.109. The van der Waals surface area contributed by atoms with Crippen molar-refractivity contribution in [2.24, 2.45) is 0 Å². The molecule has 1 rings (SSSR count). The summed E-state index contributed by atoms with van der Waals surface area (Å²) in [6.07, 6.45) is 0.837. The van der Waals surface area contributed by atoms with E-state index < -0.39 is 0 Å². The lowest BCUT2D eigenvalue weighted by Gasteiger charge is -2.06. The molecule has 0 saturated heterocycles. The Bertz CT molecular complexity index is 378. The average Bonchev–Trinajstić information content (AvgIpc) is 2.35. The number of methoxy groups -OCH3 is 2. The molecule has 0 unspecified atom stereocenters. The Kier molecular flexibility index (Phi) is 6.27. The zero-order valence-electron chi connectivity index (χ0n) is 10.3. The van der Waals surface area contributed by atoms with Crippen LogP contribution in [0.3, 0.4) is 0 Å². The molecule has 0 aliphatic carbocycles. The van der Waals surface area contributed by atoms with Crippen LogP contribution >= 0.6 is 0 Å². The van der Waals surface area contributed by atoms with Gasteiger partial charge in [-0.1, -0.05) is 0 Å². The molecule has 6 nitrogen and oxygen atoms in total. The molecule has 0 bridgehead atoms. The lowest BCUT2D eigenvalue weighted by Crippen LogP contribution is -2.26. The minimum atomic E-state index is -0.109. The van der Waals surface area contributed by atoms with Crippen molar-refractivity contribution in [3.63, 3.8) is 0 Å². The summed E-state index contributed by atoms with van der Waals surface area (Å²) < 4.78 is 11.3. The van der Waals surface area contributed by atoms with Gasteiger partial charge in [-0.3, -0.25) is 4.79 Å². The van der Waals surface area contributed by atoms with Crippen LogP contribution in [-0.2, 0) is 11.3 Å². The third-order valence-corrected chi connectivity index (χ3v) is 2.26. The van der Waals surface area contributed by atoms with Crippen molar-refractivity contribution in [3.05, 3.63) is 22.5 Å². The largest absolute Gasteiger partial charge is 0.480 e. The predicted octanol–water partition coefficient (Wildman–Crippen LogP) is -0.122. The molecule has 1 N–H and O–H groups in total. The van der Waals surface area contributed by atoms with Gasteiger partial charge in [-0.2, -0.15) is 0 Å². The molecular formula is C11H19N3O3. The van der Waals surface area contributed by atoms with Crippen LogP contribution in [0.2, 0.25) is 0 Å². The molecule has 1 heterocycles. The number of hydrogen-bond acceptors (Lipinski definition) is 5. The Morgan fingerprint density at radius 1 is 1.35 bits per heavy atom. The monoisotopic (exact) mass is 241 g/mol. The van der Waals surface area contributed by atoms with Gasteiger partial charge in [0.15, 0.2) is 0 Å². The number of nitrogens with one attached hydrogen (secondary N) is 1. The topological polar surface area (TPSA) is 65.4 Å². The fraction of sp³-hybridized carbons (Fsp3) is 0.636. The molecule has 17 heavy (non-hydrogen) atoms. The van der Waals surface area contributed by atoms with E-state index in [1.54, 1.807) is 13.2 Å². The molecule has 0 aromatic carbocycles. The maximum absolute atomic E-state index is 11.5. The van der Waals surface area contributed by atoms with Gasteiger partial charge < -0.3 is 14.8 Å². The second-order valence-electron chi connectivity index (χ2n) is 3.53. The van der Waals surface area contributed by atoms with Gasteiger partial charge >= 0.3 is 0 Å². The van der Waals surface area contributed by atoms with Crippen molar-refractivity contribution in [1.82, 2.24) is 15.1 Å². The Morgan fingerprint density at radius 3 is 2.88 bits per heavy atom. The summed E-state index contributed by atoms with van der Waals surface area (Å²) in [6, 6.07) is 3.03. The van der Waals surface area contributed by atoms with E-state index in [-0.39, 0.29) is 5.56 Å². The second-order valence-corrected chi connectivity index (χ2v) is 3.53. The van der Waals surface area contributed by atoms with Gasteiger partial charge in [-0.05, 0) is 13.0 Å². The standard InChI is InChI=1S/C11H19N3O3/c1-16-9-7-12-6-3-8-14-11(15)5-4-10(13-14)17-2/h4-5,12H,3,6-9H2,1-2H3. The first kappa shape index (κ1) is 13.7. The molecular weight excluding hydrogens is 222 g/mol. The number of nitrogens with zero attached hydrogens (tertiary/aromatic N) is 2. The Hall–Kier alpha value is -1.40. The Morgan fingerprint density at radius 2 is 2.18 bits per heavy atom. The summed E-state index contributed by atoms with van der Waals surface area (Å²) in [5.74, 6) is 0.456. The van der Waals surface area contributed by atoms with Crippen LogP contribution in [0, 0.1) is 0 Å². The Labute approximate surface area is 101 Å². The molecule has 0 fully saturated rings. The van der Waals surface area contributed by atoms with Gasteiger partial charge in [-0.25, -0.2) is 4.68 Å². The van der Waals surface area contributed by atoms with Crippen molar-refractivity contribution in [2.45, 2.75) is 13.0 Å².